The Morgan fingerprint density at radius 2 is 2.00 bits per heavy atom. The Bertz CT molecular complexity index is 410. The Balaban J connectivity index is 2.33. The average Bonchev–Trinajstić information content (AvgIpc) is 2.64. The number of hydrogen-bond acceptors (Lipinski definition) is 3. The minimum Gasteiger partial charge on any atom is -0.443 e. The van der Waals surface area contributed by atoms with Crippen molar-refractivity contribution < 1.29 is 4.74 Å². The average molecular weight is 334 g/mol. The van der Waals surface area contributed by atoms with Gasteiger partial charge in [0.2, 0.25) is 5.06 Å². The zero-order valence-corrected chi connectivity index (χ0v) is 10.8. The van der Waals surface area contributed by atoms with Gasteiger partial charge in [-0.05, 0) is 44.0 Å². The summed E-state index contributed by atoms with van der Waals surface area (Å²) in [6.07, 6.45) is 1.64. The van der Waals surface area contributed by atoms with Crippen LogP contribution in [0.5, 0.6) is 10.8 Å². The van der Waals surface area contributed by atoms with E-state index in [0.29, 0.717) is 0 Å². The predicted octanol–water partition coefficient (Wildman–Crippen LogP) is 4.26. The SMILES string of the molecule is Brc1cccc(Br)c1Oc1cn[c]s1. The van der Waals surface area contributed by atoms with E-state index >= 15 is 0 Å². The van der Waals surface area contributed by atoms with Crippen molar-refractivity contribution in [3.8, 4) is 10.8 Å². The van der Waals surface area contributed by atoms with E-state index in [4.69, 9.17) is 4.74 Å². The third-order valence-electron chi connectivity index (χ3n) is 1.49. The number of ether oxygens (including phenoxy) is 1. The molecule has 0 aliphatic carbocycles. The monoisotopic (exact) mass is 332 g/mol. The molecule has 1 heterocycles. The van der Waals surface area contributed by atoms with Gasteiger partial charge in [-0.25, -0.2) is 4.98 Å². The first-order chi connectivity index (χ1) is 6.77. The Hall–Kier alpha value is -0.390. The minimum atomic E-state index is 0.720. The third-order valence-corrected chi connectivity index (χ3v) is 3.33. The van der Waals surface area contributed by atoms with Crippen molar-refractivity contribution in [3.05, 3.63) is 38.9 Å². The number of nitrogens with zero attached hydrogens (tertiary/aromatic N) is 1. The summed E-state index contributed by atoms with van der Waals surface area (Å²) in [4.78, 5) is 3.82. The number of aromatic nitrogens is 1. The van der Waals surface area contributed by atoms with E-state index in [-0.39, 0.29) is 0 Å². The summed E-state index contributed by atoms with van der Waals surface area (Å²) in [5.41, 5.74) is 2.72. The fourth-order valence-corrected chi connectivity index (χ4v) is 2.49. The lowest BCUT2D eigenvalue weighted by Gasteiger charge is -2.06. The second-order valence-corrected chi connectivity index (χ2v) is 4.92. The first kappa shape index (κ1) is 10.1. The number of para-hydroxylation sites is 1. The van der Waals surface area contributed by atoms with Gasteiger partial charge in [-0.1, -0.05) is 17.4 Å². The molecular formula is C9H4Br2NOS. The second kappa shape index (κ2) is 4.42. The quantitative estimate of drug-likeness (QED) is 0.819. The van der Waals surface area contributed by atoms with E-state index in [0.717, 1.165) is 19.8 Å². The minimum absolute atomic E-state index is 0.720. The summed E-state index contributed by atoms with van der Waals surface area (Å²) < 4.78 is 7.42. The van der Waals surface area contributed by atoms with Crippen molar-refractivity contribution >= 4 is 43.2 Å². The van der Waals surface area contributed by atoms with Crippen LogP contribution in [-0.4, -0.2) is 4.98 Å². The van der Waals surface area contributed by atoms with Crippen LogP contribution in [0.4, 0.5) is 0 Å². The van der Waals surface area contributed by atoms with Gasteiger partial charge in [0.1, 0.15) is 0 Å². The van der Waals surface area contributed by atoms with Crippen LogP contribution in [0.2, 0.25) is 0 Å². The molecule has 14 heavy (non-hydrogen) atoms. The molecule has 0 amide bonds. The Labute approximate surface area is 102 Å². The maximum Gasteiger partial charge on any atom is 0.201 e. The first-order valence-electron chi connectivity index (χ1n) is 3.71. The molecule has 0 N–H and O–H groups in total. The molecule has 0 unspecified atom stereocenters. The fourth-order valence-electron chi connectivity index (χ4n) is 0.905. The molecule has 0 fully saturated rings. The number of thiazole rings is 1. The van der Waals surface area contributed by atoms with E-state index < -0.39 is 0 Å². The van der Waals surface area contributed by atoms with E-state index in [1.54, 1.807) is 6.20 Å². The van der Waals surface area contributed by atoms with Crippen molar-refractivity contribution in [2.75, 3.05) is 0 Å². The molecule has 2 rings (SSSR count). The van der Waals surface area contributed by atoms with Crippen LogP contribution in [0.15, 0.2) is 33.3 Å². The van der Waals surface area contributed by atoms with E-state index in [1.807, 2.05) is 18.2 Å². The smallest absolute Gasteiger partial charge is 0.201 e. The maximum absolute atomic E-state index is 5.61. The van der Waals surface area contributed by atoms with Gasteiger partial charge >= 0.3 is 0 Å². The molecule has 0 spiro atoms. The summed E-state index contributed by atoms with van der Waals surface area (Å²) >= 11 is 8.16. The maximum atomic E-state index is 5.61. The second-order valence-electron chi connectivity index (χ2n) is 2.42. The number of halogens is 2. The third kappa shape index (κ3) is 2.16. The lowest BCUT2D eigenvalue weighted by atomic mass is 10.3. The predicted molar refractivity (Wildman–Crippen MR) is 62.9 cm³/mol. The molecule has 1 radical (unpaired) electrons. The van der Waals surface area contributed by atoms with E-state index in [9.17, 15) is 0 Å². The van der Waals surface area contributed by atoms with Crippen LogP contribution >= 0.6 is 43.2 Å². The summed E-state index contributed by atoms with van der Waals surface area (Å²) in [6, 6.07) is 5.77. The molecule has 5 heteroatoms. The Morgan fingerprint density at radius 1 is 1.29 bits per heavy atom. The molecule has 0 saturated heterocycles. The highest BCUT2D eigenvalue weighted by atomic mass is 79.9. The molecule has 0 saturated carbocycles. The highest BCUT2D eigenvalue weighted by Crippen LogP contribution is 2.37. The van der Waals surface area contributed by atoms with E-state index in [1.165, 1.54) is 11.3 Å². The van der Waals surface area contributed by atoms with Crippen molar-refractivity contribution in [2.24, 2.45) is 0 Å². The first-order valence-corrected chi connectivity index (χ1v) is 6.11. The zero-order chi connectivity index (χ0) is 9.97. The standard InChI is InChI=1S/C9H4Br2NOS/c10-6-2-1-3-7(11)9(6)13-8-4-12-5-14-8/h1-4H. The van der Waals surface area contributed by atoms with Gasteiger partial charge in [0.05, 0.1) is 15.1 Å². The molecule has 0 bridgehead atoms. The fraction of sp³-hybridized carbons (Fsp3) is 0. The van der Waals surface area contributed by atoms with Crippen molar-refractivity contribution in [2.45, 2.75) is 0 Å². The zero-order valence-electron chi connectivity index (χ0n) is 6.83. The van der Waals surface area contributed by atoms with Crippen molar-refractivity contribution in [1.29, 1.82) is 0 Å². The molecular weight excluding hydrogens is 330 g/mol. The topological polar surface area (TPSA) is 22.1 Å². The van der Waals surface area contributed by atoms with Gasteiger partial charge in [-0.3, -0.25) is 0 Å². The van der Waals surface area contributed by atoms with Gasteiger partial charge in [0, 0.05) is 0 Å². The Kier molecular flexibility index (Phi) is 3.20. The van der Waals surface area contributed by atoms with Crippen LogP contribution < -0.4 is 4.74 Å². The molecule has 71 valence electrons. The van der Waals surface area contributed by atoms with Crippen LogP contribution in [0.1, 0.15) is 0 Å². The van der Waals surface area contributed by atoms with Gasteiger partial charge < -0.3 is 4.74 Å². The van der Waals surface area contributed by atoms with Gasteiger partial charge in [-0.15, -0.1) is 0 Å². The summed E-state index contributed by atoms with van der Waals surface area (Å²) in [6.45, 7) is 0. The highest BCUT2D eigenvalue weighted by molar-refractivity contribution is 9.11. The van der Waals surface area contributed by atoms with Crippen LogP contribution in [0.25, 0.3) is 0 Å². The molecule has 2 nitrogen and oxygen atoms in total. The number of benzene rings is 1. The Morgan fingerprint density at radius 3 is 2.57 bits per heavy atom. The molecule has 0 aliphatic heterocycles. The van der Waals surface area contributed by atoms with Crippen LogP contribution in [-0.2, 0) is 0 Å². The lowest BCUT2D eigenvalue weighted by molar-refractivity contribution is 0.489. The van der Waals surface area contributed by atoms with Gasteiger partial charge in [0.15, 0.2) is 11.3 Å². The lowest BCUT2D eigenvalue weighted by Crippen LogP contribution is -1.83. The number of rotatable bonds is 2. The summed E-state index contributed by atoms with van der Waals surface area (Å²) in [7, 11) is 0. The summed E-state index contributed by atoms with van der Waals surface area (Å²) in [5, 5.41) is 0.720. The molecule has 0 aliphatic rings. The van der Waals surface area contributed by atoms with Crippen LogP contribution in [0, 0.1) is 5.51 Å². The molecule has 0 atom stereocenters. The van der Waals surface area contributed by atoms with Crippen molar-refractivity contribution in [1.82, 2.24) is 4.98 Å². The van der Waals surface area contributed by atoms with Crippen molar-refractivity contribution in [3.63, 3.8) is 0 Å². The number of hydrogen-bond donors (Lipinski definition) is 0. The van der Waals surface area contributed by atoms with Gasteiger partial charge in [-0.2, -0.15) is 0 Å². The van der Waals surface area contributed by atoms with Crippen LogP contribution in [0.3, 0.4) is 0 Å². The normalized spacial score (nSPS) is 10.1. The molecule has 1 aromatic carbocycles. The molecule has 2 aromatic rings. The van der Waals surface area contributed by atoms with Gasteiger partial charge in [0.25, 0.3) is 0 Å². The largest absolute Gasteiger partial charge is 0.443 e. The molecule has 1 aromatic heterocycles. The van der Waals surface area contributed by atoms with E-state index in [2.05, 4.69) is 42.4 Å². The summed E-state index contributed by atoms with van der Waals surface area (Å²) in [5.74, 6) is 0.755. The highest BCUT2D eigenvalue weighted by Gasteiger charge is 2.07.